The predicted molar refractivity (Wildman–Crippen MR) is 205 cm³/mol. The summed E-state index contributed by atoms with van der Waals surface area (Å²) in [4.78, 5) is 56.5. The molecule has 5 aromatic rings. The number of benzene rings is 3. The molecule has 1 aliphatic rings. The number of nitrogen functional groups attached to an aromatic ring is 1. The van der Waals surface area contributed by atoms with Crippen LogP contribution in [-0.4, -0.2) is 64.0 Å². The van der Waals surface area contributed by atoms with Crippen LogP contribution in [0.3, 0.4) is 0 Å². The maximum atomic E-state index is 13.4. The van der Waals surface area contributed by atoms with Crippen LogP contribution < -0.4 is 16.4 Å². The number of carbonyl (C=O) groups is 4. The first-order valence-corrected chi connectivity index (χ1v) is 17.5. The van der Waals surface area contributed by atoms with E-state index in [1.807, 2.05) is 85.8 Å². The van der Waals surface area contributed by atoms with Crippen LogP contribution in [0.2, 0.25) is 0 Å². The molecule has 10 heteroatoms. The van der Waals surface area contributed by atoms with Crippen LogP contribution in [0.25, 0.3) is 21.8 Å². The van der Waals surface area contributed by atoms with E-state index in [0.29, 0.717) is 32.5 Å². The second kappa shape index (κ2) is 17.6. The first-order valence-electron chi connectivity index (χ1n) is 17.5. The molecule has 0 radical (unpaired) electrons. The monoisotopic (exact) mass is 696 g/mol. The smallest absolute Gasteiger partial charge is 0.230 e. The Labute approximate surface area is 303 Å². The Morgan fingerprint density at radius 2 is 1.42 bits per heavy atom. The zero-order valence-corrected chi connectivity index (χ0v) is 29.8. The fourth-order valence-electron chi connectivity index (χ4n) is 6.32. The van der Waals surface area contributed by atoms with Gasteiger partial charge in [-0.3, -0.25) is 19.2 Å². The maximum absolute atomic E-state index is 13.4. The average molecular weight is 697 g/mol. The van der Waals surface area contributed by atoms with Crippen LogP contribution in [0.15, 0.2) is 78.9 Å². The van der Waals surface area contributed by atoms with E-state index >= 15 is 0 Å². The van der Waals surface area contributed by atoms with E-state index < -0.39 is 0 Å². The molecule has 0 unspecified atom stereocenters. The predicted octanol–water partition coefficient (Wildman–Crippen LogP) is 5.19. The summed E-state index contributed by atoms with van der Waals surface area (Å²) in [5.74, 6) is 11.5. The molecule has 0 saturated carbocycles. The van der Waals surface area contributed by atoms with E-state index in [1.54, 1.807) is 4.90 Å². The van der Waals surface area contributed by atoms with Crippen molar-refractivity contribution in [3.8, 4) is 23.7 Å². The molecular formula is C42H44N6O4. The third-order valence-corrected chi connectivity index (χ3v) is 8.82. The van der Waals surface area contributed by atoms with Crippen molar-refractivity contribution >= 4 is 51.0 Å². The number of hydrogen-bond acceptors (Lipinski definition) is 5. The summed E-state index contributed by atoms with van der Waals surface area (Å²) in [6.07, 6.45) is 2.57. The molecule has 52 heavy (non-hydrogen) atoms. The van der Waals surface area contributed by atoms with Crippen molar-refractivity contribution in [3.05, 3.63) is 101 Å². The Balaban J connectivity index is 0.000000257. The molecule has 2 aromatic heterocycles. The zero-order valence-electron chi connectivity index (χ0n) is 29.8. The number of aromatic amines is 2. The molecule has 0 bridgehead atoms. The summed E-state index contributed by atoms with van der Waals surface area (Å²) in [6.45, 7) is 6.23. The first kappa shape index (κ1) is 37.0. The zero-order chi connectivity index (χ0) is 37.0. The van der Waals surface area contributed by atoms with E-state index in [4.69, 9.17) is 5.73 Å². The topological polar surface area (TPSA) is 153 Å². The molecule has 6 N–H and O–H groups in total. The quantitative estimate of drug-likeness (QED) is 0.112. The Kier molecular flexibility index (Phi) is 12.5. The third kappa shape index (κ3) is 9.92. The van der Waals surface area contributed by atoms with Crippen LogP contribution in [0.5, 0.6) is 0 Å². The molecule has 3 aromatic carbocycles. The number of nitrogens with two attached hydrogens (primary N) is 1. The fraction of sp³-hybridized carbons (Fsp3) is 0.286. The minimum Gasteiger partial charge on any atom is -0.399 e. The lowest BCUT2D eigenvalue weighted by Gasteiger charge is -2.28. The molecule has 1 fully saturated rings. The number of nitrogens with one attached hydrogen (secondary N) is 4. The van der Waals surface area contributed by atoms with Gasteiger partial charge in [-0.1, -0.05) is 55.2 Å². The van der Waals surface area contributed by atoms with Crippen LogP contribution in [0.1, 0.15) is 68.5 Å². The van der Waals surface area contributed by atoms with Crippen molar-refractivity contribution in [1.82, 2.24) is 25.5 Å². The van der Waals surface area contributed by atoms with Crippen LogP contribution in [0, 0.1) is 23.7 Å². The summed E-state index contributed by atoms with van der Waals surface area (Å²) in [5.41, 5.74) is 11.9. The average Bonchev–Trinajstić information content (AvgIpc) is 3.87. The van der Waals surface area contributed by atoms with Gasteiger partial charge in [0.15, 0.2) is 5.78 Å². The number of likely N-dealkylation sites (tertiary alicyclic amines) is 1. The third-order valence-electron chi connectivity index (χ3n) is 8.82. The first-order chi connectivity index (χ1) is 25.1. The Bertz CT molecular complexity index is 2190. The standard InChI is InChI=1S/C29H31N3O3.C13H13N3O/c1-3-25(22-9-5-4-6-10-22)29(35)32-16-8-12-27(32)28(34)18-21-13-14-26-23(17-21)19-24(31-26)11-7-15-30-20(2)33;1-9(17)15-6-2-3-12-8-10-7-11(14)4-5-13(10)16-12/h4-6,9-10,13-14,17,19,25,27,31H,3,8,12,15-16,18H2,1-2H3,(H,30,33);4-5,7-8,16H,6,14H2,1H3,(H,15,17)/t25-,27+;/m1./s1. The van der Waals surface area contributed by atoms with Crippen molar-refractivity contribution in [2.75, 3.05) is 25.4 Å². The minimum atomic E-state index is -0.364. The second-order valence-electron chi connectivity index (χ2n) is 12.8. The molecule has 3 amide bonds. The van der Waals surface area contributed by atoms with Gasteiger partial charge in [-0.2, -0.15) is 0 Å². The lowest BCUT2D eigenvalue weighted by molar-refractivity contribution is -0.138. The van der Waals surface area contributed by atoms with Crippen molar-refractivity contribution in [1.29, 1.82) is 0 Å². The van der Waals surface area contributed by atoms with Gasteiger partial charge >= 0.3 is 0 Å². The van der Waals surface area contributed by atoms with Gasteiger partial charge < -0.3 is 31.2 Å². The normalized spacial score (nSPS) is 13.9. The number of hydrogen-bond donors (Lipinski definition) is 5. The van der Waals surface area contributed by atoms with Gasteiger partial charge in [0.1, 0.15) is 0 Å². The van der Waals surface area contributed by atoms with E-state index in [2.05, 4.69) is 44.3 Å². The number of amides is 3. The molecule has 6 rings (SSSR count). The van der Waals surface area contributed by atoms with E-state index in [-0.39, 0.29) is 35.5 Å². The van der Waals surface area contributed by atoms with Gasteiger partial charge in [0.25, 0.3) is 0 Å². The molecule has 0 spiro atoms. The number of fused-ring (bicyclic) bond motifs is 2. The van der Waals surface area contributed by atoms with Crippen molar-refractivity contribution < 1.29 is 19.2 Å². The lowest BCUT2D eigenvalue weighted by atomic mass is 9.94. The molecule has 2 atom stereocenters. The highest BCUT2D eigenvalue weighted by molar-refractivity contribution is 5.94. The van der Waals surface area contributed by atoms with Gasteiger partial charge in [0.2, 0.25) is 17.7 Å². The molecule has 0 aliphatic carbocycles. The molecule has 266 valence electrons. The minimum absolute atomic E-state index is 0.0538. The van der Waals surface area contributed by atoms with Gasteiger partial charge in [0, 0.05) is 54.3 Å². The maximum Gasteiger partial charge on any atom is 0.230 e. The summed E-state index contributed by atoms with van der Waals surface area (Å²) in [5, 5.41) is 7.27. The summed E-state index contributed by atoms with van der Waals surface area (Å²) in [7, 11) is 0. The largest absolute Gasteiger partial charge is 0.399 e. The molecule has 3 heterocycles. The van der Waals surface area contributed by atoms with Gasteiger partial charge in [-0.05, 0) is 84.7 Å². The number of H-pyrrole nitrogens is 2. The van der Waals surface area contributed by atoms with E-state index in [0.717, 1.165) is 62.8 Å². The SMILES string of the molecule is CC(=O)NCC#Cc1cc2cc(N)ccc2[nH]1.CC[C@@H](C(=O)N1CCC[C@H]1C(=O)Cc1ccc2[nH]c(C#CCNC(C)=O)cc2c1)c1ccccc1. The summed E-state index contributed by atoms with van der Waals surface area (Å²) >= 11 is 0. The number of Topliss-reactive ketones (excluding diaryl/α,β-unsaturated/α-hetero) is 1. The summed E-state index contributed by atoms with van der Waals surface area (Å²) < 4.78 is 0. The van der Waals surface area contributed by atoms with Gasteiger partial charge in [0.05, 0.1) is 36.4 Å². The van der Waals surface area contributed by atoms with Crippen LogP contribution in [0.4, 0.5) is 5.69 Å². The molecule has 1 aliphatic heterocycles. The number of rotatable bonds is 8. The number of carbonyl (C=O) groups excluding carboxylic acids is 4. The van der Waals surface area contributed by atoms with E-state index in [9.17, 15) is 19.2 Å². The molecular weight excluding hydrogens is 653 g/mol. The fourth-order valence-corrected chi connectivity index (χ4v) is 6.32. The highest BCUT2D eigenvalue weighted by atomic mass is 16.2. The van der Waals surface area contributed by atoms with Gasteiger partial charge in [-0.15, -0.1) is 0 Å². The lowest BCUT2D eigenvalue weighted by Crippen LogP contribution is -2.43. The highest BCUT2D eigenvalue weighted by Crippen LogP contribution is 2.28. The van der Waals surface area contributed by atoms with Crippen LogP contribution in [-0.2, 0) is 25.6 Å². The van der Waals surface area contributed by atoms with Crippen molar-refractivity contribution in [2.24, 2.45) is 0 Å². The van der Waals surface area contributed by atoms with Gasteiger partial charge in [-0.25, -0.2) is 0 Å². The number of nitrogens with zero attached hydrogens (tertiary/aromatic N) is 1. The Hall–Kier alpha value is -6.26. The van der Waals surface area contributed by atoms with Crippen molar-refractivity contribution in [2.45, 2.75) is 58.4 Å². The molecule has 1 saturated heterocycles. The second-order valence-corrected chi connectivity index (χ2v) is 12.8. The molecule has 10 nitrogen and oxygen atoms in total. The van der Waals surface area contributed by atoms with Crippen molar-refractivity contribution in [3.63, 3.8) is 0 Å². The van der Waals surface area contributed by atoms with E-state index in [1.165, 1.54) is 13.8 Å². The number of aromatic nitrogens is 2. The number of ketones is 1. The highest BCUT2D eigenvalue weighted by Gasteiger charge is 2.36. The number of anilines is 1. The Morgan fingerprint density at radius 1 is 0.827 bits per heavy atom. The van der Waals surface area contributed by atoms with Crippen LogP contribution >= 0.6 is 0 Å². The summed E-state index contributed by atoms with van der Waals surface area (Å²) in [6, 6.07) is 24.9. The Morgan fingerprint density at radius 3 is 2.02 bits per heavy atom.